The van der Waals surface area contributed by atoms with Gasteiger partial charge in [0.25, 0.3) is 0 Å². The van der Waals surface area contributed by atoms with E-state index in [1.165, 1.54) is 17.8 Å². The van der Waals surface area contributed by atoms with E-state index in [4.69, 9.17) is 0 Å². The van der Waals surface area contributed by atoms with Gasteiger partial charge in [0.05, 0.1) is 0 Å². The lowest BCUT2D eigenvalue weighted by molar-refractivity contribution is 0.310. The second kappa shape index (κ2) is 5.83. The Morgan fingerprint density at radius 2 is 2.35 bits per heavy atom. The van der Waals surface area contributed by atoms with E-state index in [1.54, 1.807) is 11.3 Å². The first-order valence-corrected chi connectivity index (χ1v) is 7.37. The lowest BCUT2D eigenvalue weighted by Gasteiger charge is -2.14. The maximum Gasteiger partial charge on any atom is 0.182 e. The van der Waals surface area contributed by atoms with Crippen molar-refractivity contribution < 1.29 is 0 Å². The second-order valence-electron chi connectivity index (χ2n) is 5.23. The summed E-state index contributed by atoms with van der Waals surface area (Å²) in [6, 6.07) is 0. The van der Waals surface area contributed by atoms with Gasteiger partial charge in [-0.05, 0) is 31.7 Å². The molecule has 1 aliphatic rings. The molecule has 1 aromatic heterocycles. The normalized spacial score (nSPS) is 23.1. The van der Waals surface area contributed by atoms with Gasteiger partial charge in [-0.2, -0.15) is 0 Å². The molecule has 2 atom stereocenters. The molecule has 1 aromatic rings. The van der Waals surface area contributed by atoms with Crippen LogP contribution in [0, 0.1) is 11.8 Å². The number of nitrogens with zero attached hydrogens (tertiary/aromatic N) is 2. The smallest absolute Gasteiger partial charge is 0.182 e. The van der Waals surface area contributed by atoms with E-state index in [0.717, 1.165) is 36.5 Å². The molecule has 0 saturated heterocycles. The predicted octanol–water partition coefficient (Wildman–Crippen LogP) is 3.05. The maximum absolute atomic E-state index is 4.40. The van der Waals surface area contributed by atoms with Gasteiger partial charge in [0.1, 0.15) is 0 Å². The predicted molar refractivity (Wildman–Crippen MR) is 74.5 cm³/mol. The fourth-order valence-electron chi connectivity index (χ4n) is 2.08. The quantitative estimate of drug-likeness (QED) is 0.809. The number of anilines is 1. The fourth-order valence-corrected chi connectivity index (χ4v) is 3.00. The van der Waals surface area contributed by atoms with E-state index < -0.39 is 0 Å². The van der Waals surface area contributed by atoms with Gasteiger partial charge in [0.2, 0.25) is 0 Å². The Morgan fingerprint density at radius 1 is 1.59 bits per heavy atom. The van der Waals surface area contributed by atoms with E-state index in [-0.39, 0.29) is 0 Å². The highest BCUT2D eigenvalue weighted by Crippen LogP contribution is 2.38. The molecule has 1 saturated carbocycles. The van der Waals surface area contributed by atoms with Gasteiger partial charge in [-0.3, -0.25) is 0 Å². The van der Waals surface area contributed by atoms with Gasteiger partial charge in [-0.1, -0.05) is 13.8 Å². The van der Waals surface area contributed by atoms with Crippen LogP contribution >= 0.6 is 11.3 Å². The van der Waals surface area contributed by atoms with Crippen molar-refractivity contribution in [2.24, 2.45) is 11.8 Å². The zero-order valence-electron chi connectivity index (χ0n) is 11.1. The lowest BCUT2D eigenvalue weighted by atomic mass is 10.3. The van der Waals surface area contributed by atoms with Crippen LogP contribution in [0.2, 0.25) is 0 Å². The zero-order chi connectivity index (χ0) is 12.3. The summed E-state index contributed by atoms with van der Waals surface area (Å²) in [6.07, 6.45) is 4.57. The van der Waals surface area contributed by atoms with Crippen LogP contribution in [0.3, 0.4) is 0 Å². The molecule has 1 fully saturated rings. The van der Waals surface area contributed by atoms with Gasteiger partial charge >= 0.3 is 0 Å². The molecular weight excluding hydrogens is 230 g/mol. The van der Waals surface area contributed by atoms with E-state index in [2.05, 4.69) is 36.1 Å². The number of thiazole rings is 1. The first-order valence-electron chi connectivity index (χ1n) is 6.56. The first-order chi connectivity index (χ1) is 8.19. The van der Waals surface area contributed by atoms with Crippen LogP contribution in [0.5, 0.6) is 0 Å². The SMILES string of the molecule is CCCNc1ncc(CN(C)CC2CC2C)s1. The number of aromatic nitrogens is 1. The molecule has 17 heavy (non-hydrogen) atoms. The third-order valence-corrected chi connectivity index (χ3v) is 4.27. The van der Waals surface area contributed by atoms with Crippen molar-refractivity contribution in [3.63, 3.8) is 0 Å². The summed E-state index contributed by atoms with van der Waals surface area (Å²) in [7, 11) is 2.21. The Morgan fingerprint density at radius 3 is 3.00 bits per heavy atom. The average Bonchev–Trinajstić information content (AvgIpc) is 2.78. The van der Waals surface area contributed by atoms with Crippen molar-refractivity contribution in [1.29, 1.82) is 0 Å². The minimum atomic E-state index is 0.936. The monoisotopic (exact) mass is 253 g/mol. The van der Waals surface area contributed by atoms with E-state index >= 15 is 0 Å². The van der Waals surface area contributed by atoms with Crippen LogP contribution in [0.25, 0.3) is 0 Å². The molecule has 1 N–H and O–H groups in total. The maximum atomic E-state index is 4.40. The van der Waals surface area contributed by atoms with Gasteiger partial charge in [-0.25, -0.2) is 4.98 Å². The molecule has 0 aromatic carbocycles. The first kappa shape index (κ1) is 12.8. The topological polar surface area (TPSA) is 28.2 Å². The highest BCUT2D eigenvalue weighted by atomic mass is 32.1. The van der Waals surface area contributed by atoms with Crippen LogP contribution in [-0.2, 0) is 6.54 Å². The molecule has 2 rings (SSSR count). The number of hydrogen-bond acceptors (Lipinski definition) is 4. The van der Waals surface area contributed by atoms with Crippen LogP contribution in [0.4, 0.5) is 5.13 Å². The van der Waals surface area contributed by atoms with Crippen molar-refractivity contribution >= 4 is 16.5 Å². The largest absolute Gasteiger partial charge is 0.362 e. The average molecular weight is 253 g/mol. The van der Waals surface area contributed by atoms with Crippen molar-refractivity contribution in [3.05, 3.63) is 11.1 Å². The molecule has 0 aliphatic heterocycles. The molecule has 0 bridgehead atoms. The third kappa shape index (κ3) is 3.96. The summed E-state index contributed by atoms with van der Waals surface area (Å²) in [5, 5.41) is 4.40. The summed E-state index contributed by atoms with van der Waals surface area (Å²) in [5.41, 5.74) is 0. The summed E-state index contributed by atoms with van der Waals surface area (Å²) in [6.45, 7) is 7.80. The second-order valence-corrected chi connectivity index (χ2v) is 6.34. The molecule has 96 valence electrons. The molecule has 4 heteroatoms. The molecule has 1 heterocycles. The van der Waals surface area contributed by atoms with Gasteiger partial charge in [0, 0.05) is 30.7 Å². The summed E-state index contributed by atoms with van der Waals surface area (Å²) < 4.78 is 0. The van der Waals surface area contributed by atoms with Gasteiger partial charge in [-0.15, -0.1) is 11.3 Å². The van der Waals surface area contributed by atoms with E-state index in [9.17, 15) is 0 Å². The van der Waals surface area contributed by atoms with Crippen LogP contribution in [0.1, 0.15) is 31.6 Å². The fraction of sp³-hybridized carbons (Fsp3) is 0.769. The zero-order valence-corrected chi connectivity index (χ0v) is 11.9. The Hall–Kier alpha value is -0.610. The molecule has 0 amide bonds. The lowest BCUT2D eigenvalue weighted by Crippen LogP contribution is -2.20. The minimum absolute atomic E-state index is 0.936. The van der Waals surface area contributed by atoms with Crippen LogP contribution < -0.4 is 5.32 Å². The Balaban J connectivity index is 1.75. The molecular formula is C13H23N3S. The third-order valence-electron chi connectivity index (χ3n) is 3.33. The van der Waals surface area contributed by atoms with Crippen molar-refractivity contribution in [2.75, 3.05) is 25.5 Å². The summed E-state index contributed by atoms with van der Waals surface area (Å²) in [4.78, 5) is 8.18. The number of hydrogen-bond donors (Lipinski definition) is 1. The van der Waals surface area contributed by atoms with Crippen molar-refractivity contribution in [1.82, 2.24) is 9.88 Å². The number of nitrogens with one attached hydrogen (secondary N) is 1. The van der Waals surface area contributed by atoms with Crippen molar-refractivity contribution in [2.45, 2.75) is 33.2 Å². The Kier molecular flexibility index (Phi) is 4.40. The highest BCUT2D eigenvalue weighted by Gasteiger charge is 2.33. The van der Waals surface area contributed by atoms with E-state index in [0.29, 0.717) is 0 Å². The molecule has 0 spiro atoms. The number of rotatable bonds is 7. The summed E-state index contributed by atoms with van der Waals surface area (Å²) >= 11 is 1.79. The highest BCUT2D eigenvalue weighted by molar-refractivity contribution is 7.15. The molecule has 3 nitrogen and oxygen atoms in total. The standard InChI is InChI=1S/C13H23N3S/c1-4-5-14-13-15-7-12(17-13)9-16(3)8-11-6-10(11)2/h7,10-11H,4-6,8-9H2,1-3H3,(H,14,15). The van der Waals surface area contributed by atoms with Crippen molar-refractivity contribution in [3.8, 4) is 0 Å². The van der Waals surface area contributed by atoms with Gasteiger partial charge in [0.15, 0.2) is 5.13 Å². The van der Waals surface area contributed by atoms with E-state index in [1.807, 2.05) is 6.20 Å². The van der Waals surface area contributed by atoms with Gasteiger partial charge < -0.3 is 10.2 Å². The minimum Gasteiger partial charge on any atom is -0.362 e. The molecule has 1 aliphatic carbocycles. The molecule has 2 unspecified atom stereocenters. The molecule has 0 radical (unpaired) electrons. The van der Waals surface area contributed by atoms with Crippen LogP contribution in [-0.4, -0.2) is 30.0 Å². The Bertz CT molecular complexity index is 350. The van der Waals surface area contributed by atoms with Crippen LogP contribution in [0.15, 0.2) is 6.20 Å². The summed E-state index contributed by atoms with van der Waals surface area (Å²) in [5.74, 6) is 1.88. The Labute approximate surface area is 108 Å².